The Morgan fingerprint density at radius 1 is 1.18 bits per heavy atom. The number of hydrogen-bond donors (Lipinski definition) is 1. The Morgan fingerprint density at radius 2 is 2.00 bits per heavy atom. The summed E-state index contributed by atoms with van der Waals surface area (Å²) in [5.41, 5.74) is 2.64. The minimum absolute atomic E-state index is 0.564. The van der Waals surface area contributed by atoms with Crippen molar-refractivity contribution in [1.29, 1.82) is 5.26 Å². The Labute approximate surface area is 132 Å². The van der Waals surface area contributed by atoms with E-state index in [1.807, 2.05) is 67.0 Å². The fourth-order valence-electron chi connectivity index (χ4n) is 2.13. The molecule has 0 aliphatic rings. The molecule has 0 saturated carbocycles. The van der Waals surface area contributed by atoms with Gasteiger partial charge in [0.2, 0.25) is 0 Å². The molecule has 4 nitrogen and oxygen atoms in total. The molecule has 1 heterocycles. The zero-order valence-electron chi connectivity index (χ0n) is 11.9. The zero-order valence-corrected chi connectivity index (χ0v) is 12.7. The van der Waals surface area contributed by atoms with E-state index in [0.717, 1.165) is 28.0 Å². The maximum atomic E-state index is 8.68. The van der Waals surface area contributed by atoms with Crippen LogP contribution in [0.25, 0.3) is 22.3 Å². The van der Waals surface area contributed by atoms with Crippen molar-refractivity contribution in [3.63, 3.8) is 0 Å². The van der Waals surface area contributed by atoms with E-state index in [0.29, 0.717) is 5.17 Å². The molecular weight excluding hydrogens is 294 g/mol. The first-order valence-electron chi connectivity index (χ1n) is 6.67. The first-order valence-corrected chi connectivity index (χ1v) is 7.89. The number of aliphatic imine (C=N–C) groups is 1. The summed E-state index contributed by atoms with van der Waals surface area (Å²) in [7, 11) is 0. The van der Waals surface area contributed by atoms with E-state index >= 15 is 0 Å². The molecule has 0 bridgehead atoms. The molecular formula is C17H13N3OS. The van der Waals surface area contributed by atoms with E-state index in [-0.39, 0.29) is 0 Å². The molecule has 0 amide bonds. The van der Waals surface area contributed by atoms with Crippen molar-refractivity contribution >= 4 is 33.6 Å². The Kier molecular flexibility index (Phi) is 4.12. The van der Waals surface area contributed by atoms with Crippen molar-refractivity contribution < 1.29 is 4.42 Å². The van der Waals surface area contributed by atoms with Crippen LogP contribution >= 0.6 is 11.8 Å². The molecule has 1 aromatic heterocycles. The van der Waals surface area contributed by atoms with E-state index in [2.05, 4.69) is 10.3 Å². The first kappa shape index (κ1) is 14.2. The summed E-state index contributed by atoms with van der Waals surface area (Å²) in [5.74, 6) is 0.831. The summed E-state index contributed by atoms with van der Waals surface area (Å²) in [5, 5.41) is 12.8. The van der Waals surface area contributed by atoms with Crippen molar-refractivity contribution in [2.75, 3.05) is 6.26 Å². The number of nitrogens with zero attached hydrogens (tertiary/aromatic N) is 2. The molecule has 0 saturated heterocycles. The van der Waals surface area contributed by atoms with Crippen LogP contribution in [0.1, 0.15) is 0 Å². The molecule has 2 aromatic carbocycles. The SMILES string of the molecule is CSC(=Nc1ccc2oc(-c3ccccc3)cc2c1)NC#N. The van der Waals surface area contributed by atoms with Gasteiger partial charge in [-0.3, -0.25) is 5.32 Å². The van der Waals surface area contributed by atoms with Gasteiger partial charge >= 0.3 is 0 Å². The van der Waals surface area contributed by atoms with Gasteiger partial charge in [-0.2, -0.15) is 5.26 Å². The molecule has 3 rings (SSSR count). The fourth-order valence-corrected chi connectivity index (χ4v) is 2.48. The quantitative estimate of drug-likeness (QED) is 0.327. The third-order valence-electron chi connectivity index (χ3n) is 3.15. The average Bonchev–Trinajstić information content (AvgIpc) is 2.98. The minimum Gasteiger partial charge on any atom is -0.456 e. The highest BCUT2D eigenvalue weighted by atomic mass is 32.2. The summed E-state index contributed by atoms with van der Waals surface area (Å²) in [4.78, 5) is 4.40. The molecule has 5 heteroatoms. The van der Waals surface area contributed by atoms with Crippen LogP contribution in [0, 0.1) is 11.5 Å². The highest BCUT2D eigenvalue weighted by molar-refractivity contribution is 8.13. The van der Waals surface area contributed by atoms with Gasteiger partial charge in [-0.05, 0) is 30.5 Å². The number of rotatable bonds is 2. The van der Waals surface area contributed by atoms with Gasteiger partial charge in [0, 0.05) is 10.9 Å². The molecule has 0 radical (unpaired) electrons. The van der Waals surface area contributed by atoms with Crippen LogP contribution in [0.3, 0.4) is 0 Å². The standard InChI is InChI=1S/C17H13N3OS/c1-22-17(19-11-18)20-14-7-8-15-13(9-14)10-16(21-15)12-5-3-2-4-6-12/h2-10H,1H3,(H,19,20). The van der Waals surface area contributed by atoms with Crippen LogP contribution in [0.2, 0.25) is 0 Å². The molecule has 22 heavy (non-hydrogen) atoms. The Morgan fingerprint density at radius 3 is 2.73 bits per heavy atom. The largest absolute Gasteiger partial charge is 0.456 e. The number of nitrogens with one attached hydrogen (secondary N) is 1. The maximum absolute atomic E-state index is 8.68. The number of hydrogen-bond acceptors (Lipinski definition) is 4. The number of thioether (sulfide) groups is 1. The van der Waals surface area contributed by atoms with Crippen LogP contribution in [0.4, 0.5) is 5.69 Å². The highest BCUT2D eigenvalue weighted by Gasteiger charge is 2.06. The second-order valence-electron chi connectivity index (χ2n) is 4.56. The molecule has 0 spiro atoms. The monoisotopic (exact) mass is 307 g/mol. The third kappa shape index (κ3) is 2.97. The molecule has 0 unspecified atom stereocenters. The lowest BCUT2D eigenvalue weighted by Gasteiger charge is -1.99. The van der Waals surface area contributed by atoms with Crippen molar-refractivity contribution in [3.05, 3.63) is 54.6 Å². The molecule has 0 aliphatic heterocycles. The van der Waals surface area contributed by atoms with E-state index in [1.54, 1.807) is 0 Å². The van der Waals surface area contributed by atoms with Gasteiger partial charge in [0.25, 0.3) is 0 Å². The van der Waals surface area contributed by atoms with Crippen LogP contribution in [0.15, 0.2) is 64.0 Å². The minimum atomic E-state index is 0.564. The van der Waals surface area contributed by atoms with Crippen molar-refractivity contribution in [3.8, 4) is 17.5 Å². The number of amidine groups is 1. The number of furan rings is 1. The van der Waals surface area contributed by atoms with Gasteiger partial charge in [-0.25, -0.2) is 4.99 Å². The smallest absolute Gasteiger partial charge is 0.183 e. The topological polar surface area (TPSA) is 61.3 Å². The molecule has 3 aromatic rings. The van der Waals surface area contributed by atoms with Gasteiger partial charge in [-0.1, -0.05) is 42.1 Å². The second kappa shape index (κ2) is 6.37. The second-order valence-corrected chi connectivity index (χ2v) is 5.35. The van der Waals surface area contributed by atoms with Gasteiger partial charge in [0.15, 0.2) is 11.4 Å². The molecule has 108 valence electrons. The lowest BCUT2D eigenvalue weighted by atomic mass is 10.1. The Hall–Kier alpha value is -2.71. The zero-order chi connectivity index (χ0) is 15.4. The number of benzene rings is 2. The molecule has 0 fully saturated rings. The summed E-state index contributed by atoms with van der Waals surface area (Å²) in [6.45, 7) is 0. The predicted molar refractivity (Wildman–Crippen MR) is 91.0 cm³/mol. The van der Waals surface area contributed by atoms with Gasteiger partial charge in [0.05, 0.1) is 5.69 Å². The normalized spacial score (nSPS) is 11.4. The molecule has 0 aliphatic carbocycles. The van der Waals surface area contributed by atoms with Gasteiger partial charge in [0.1, 0.15) is 11.3 Å². The fraction of sp³-hybridized carbons (Fsp3) is 0.0588. The van der Waals surface area contributed by atoms with E-state index in [4.69, 9.17) is 9.68 Å². The van der Waals surface area contributed by atoms with Crippen LogP contribution in [-0.2, 0) is 0 Å². The van der Waals surface area contributed by atoms with E-state index < -0.39 is 0 Å². The van der Waals surface area contributed by atoms with E-state index in [1.165, 1.54) is 11.8 Å². The lowest BCUT2D eigenvalue weighted by molar-refractivity contribution is 0.631. The van der Waals surface area contributed by atoms with Crippen molar-refractivity contribution in [1.82, 2.24) is 5.32 Å². The van der Waals surface area contributed by atoms with Crippen LogP contribution < -0.4 is 5.32 Å². The Balaban J connectivity index is 1.99. The van der Waals surface area contributed by atoms with Gasteiger partial charge in [-0.15, -0.1) is 0 Å². The van der Waals surface area contributed by atoms with Crippen molar-refractivity contribution in [2.24, 2.45) is 4.99 Å². The highest BCUT2D eigenvalue weighted by Crippen LogP contribution is 2.30. The molecule has 0 atom stereocenters. The first-order chi connectivity index (χ1) is 10.8. The van der Waals surface area contributed by atoms with Gasteiger partial charge < -0.3 is 4.42 Å². The summed E-state index contributed by atoms with van der Waals surface area (Å²) < 4.78 is 5.87. The maximum Gasteiger partial charge on any atom is 0.183 e. The third-order valence-corrected chi connectivity index (χ3v) is 3.73. The average molecular weight is 307 g/mol. The predicted octanol–water partition coefficient (Wildman–Crippen LogP) is 4.52. The van der Waals surface area contributed by atoms with E-state index in [9.17, 15) is 0 Å². The van der Waals surface area contributed by atoms with Crippen LogP contribution in [0.5, 0.6) is 0 Å². The Bertz CT molecular complexity index is 862. The number of fused-ring (bicyclic) bond motifs is 1. The van der Waals surface area contributed by atoms with Crippen molar-refractivity contribution in [2.45, 2.75) is 0 Å². The lowest BCUT2D eigenvalue weighted by Crippen LogP contribution is -2.12. The summed E-state index contributed by atoms with van der Waals surface area (Å²) in [6, 6.07) is 17.7. The summed E-state index contributed by atoms with van der Waals surface area (Å²) in [6.07, 6.45) is 3.75. The summed E-state index contributed by atoms with van der Waals surface area (Å²) >= 11 is 1.39. The van der Waals surface area contributed by atoms with Crippen LogP contribution in [-0.4, -0.2) is 11.4 Å². The molecule has 1 N–H and O–H groups in total. The number of nitriles is 1.